The number of carbonyl (C=O) groups excluding carboxylic acids is 2. The number of amides is 2. The molecule has 0 saturated carbocycles. The second-order valence-electron chi connectivity index (χ2n) is 14.4. The Kier molecular flexibility index (Phi) is 15.5. The second-order valence-corrected chi connectivity index (χ2v) is 14.4. The van der Waals surface area contributed by atoms with Crippen molar-refractivity contribution in [2.75, 3.05) is 14.1 Å². The van der Waals surface area contributed by atoms with Crippen LogP contribution in [0.25, 0.3) is 0 Å². The number of aliphatic hydroxyl groups is 2. The highest BCUT2D eigenvalue weighted by molar-refractivity contribution is 5.82. The summed E-state index contributed by atoms with van der Waals surface area (Å²) >= 11 is 0. The number of benzene rings is 2. The van der Waals surface area contributed by atoms with Gasteiger partial charge in [-0.2, -0.15) is 0 Å². The molecule has 0 aliphatic heterocycles. The summed E-state index contributed by atoms with van der Waals surface area (Å²) in [7, 11) is 3.51. The van der Waals surface area contributed by atoms with Gasteiger partial charge in [0.2, 0.25) is 11.8 Å². The minimum Gasteiger partial charge on any atom is -0.389 e. The molecule has 278 valence electrons. The van der Waals surface area contributed by atoms with Gasteiger partial charge < -0.3 is 20.0 Å². The zero-order valence-corrected chi connectivity index (χ0v) is 31.3. The summed E-state index contributed by atoms with van der Waals surface area (Å²) in [6, 6.07) is 26.1. The molecule has 0 radical (unpaired) electrons. The number of aromatic nitrogens is 2. The molecular weight excluding hydrogens is 652 g/mol. The molecule has 2 amide bonds. The summed E-state index contributed by atoms with van der Waals surface area (Å²) in [4.78, 5) is 39.8. The molecule has 6 atom stereocenters. The number of rotatable bonds is 19. The summed E-state index contributed by atoms with van der Waals surface area (Å²) in [5.41, 5.74) is 3.57. The number of nitrogens with one attached hydrogen (secondary N) is 2. The first-order valence-corrected chi connectivity index (χ1v) is 18.2. The predicted molar refractivity (Wildman–Crippen MR) is 205 cm³/mol. The fourth-order valence-electron chi connectivity index (χ4n) is 6.46. The molecule has 4 rings (SSSR count). The number of hydrogen-bond acceptors (Lipinski definition) is 8. The molecule has 0 bridgehead atoms. The van der Waals surface area contributed by atoms with Gasteiger partial charge in [0, 0.05) is 51.3 Å². The first-order chi connectivity index (χ1) is 24.9. The van der Waals surface area contributed by atoms with Crippen molar-refractivity contribution in [3.63, 3.8) is 0 Å². The minimum atomic E-state index is -1.31. The Morgan fingerprint density at radius 1 is 0.615 bits per heavy atom. The summed E-state index contributed by atoms with van der Waals surface area (Å²) in [6.07, 6.45) is 3.24. The molecule has 52 heavy (non-hydrogen) atoms. The third-order valence-corrected chi connectivity index (χ3v) is 9.44. The van der Waals surface area contributed by atoms with Gasteiger partial charge in [0.1, 0.15) is 0 Å². The van der Waals surface area contributed by atoms with Crippen molar-refractivity contribution in [2.45, 2.75) is 90.0 Å². The largest absolute Gasteiger partial charge is 0.389 e. The number of aliphatic hydroxyl groups excluding tert-OH is 2. The van der Waals surface area contributed by atoms with Crippen molar-refractivity contribution in [2.24, 2.45) is 11.8 Å². The molecule has 4 N–H and O–H groups in total. The van der Waals surface area contributed by atoms with Gasteiger partial charge in [-0.3, -0.25) is 30.2 Å². The van der Waals surface area contributed by atoms with Gasteiger partial charge in [-0.1, -0.05) is 100 Å². The Hall–Kier alpha value is -4.48. The van der Waals surface area contributed by atoms with Crippen molar-refractivity contribution in [1.82, 2.24) is 30.4 Å². The molecule has 0 aliphatic rings. The maximum atomic E-state index is 14.0. The molecule has 0 aliphatic carbocycles. The molecule has 4 aromatic rings. The van der Waals surface area contributed by atoms with Gasteiger partial charge in [0.15, 0.2) is 0 Å². The first kappa shape index (κ1) is 40.3. The zero-order valence-electron chi connectivity index (χ0n) is 31.3. The normalized spacial score (nSPS) is 15.0. The second kappa shape index (κ2) is 19.9. The Morgan fingerprint density at radius 2 is 1.08 bits per heavy atom. The third-order valence-electron chi connectivity index (χ3n) is 9.44. The highest BCUT2D eigenvalue weighted by Crippen LogP contribution is 2.20. The molecule has 2 aromatic carbocycles. The number of pyridine rings is 2. The van der Waals surface area contributed by atoms with Gasteiger partial charge in [-0.05, 0) is 59.6 Å². The Labute approximate surface area is 309 Å². The van der Waals surface area contributed by atoms with Gasteiger partial charge in [0.05, 0.1) is 36.5 Å². The van der Waals surface area contributed by atoms with E-state index in [0.717, 1.165) is 22.4 Å². The molecule has 2 aromatic heterocycles. The number of nitrogens with zero attached hydrogens (tertiary/aromatic N) is 4. The lowest BCUT2D eigenvalue weighted by atomic mass is 9.88. The summed E-state index contributed by atoms with van der Waals surface area (Å²) < 4.78 is 0. The quantitative estimate of drug-likeness (QED) is 0.114. The van der Waals surface area contributed by atoms with E-state index in [1.54, 1.807) is 42.5 Å². The van der Waals surface area contributed by atoms with Crippen LogP contribution in [0.4, 0.5) is 0 Å². The smallest absolute Gasteiger partial charge is 0.240 e. The van der Waals surface area contributed by atoms with E-state index in [0.29, 0.717) is 25.9 Å². The highest BCUT2D eigenvalue weighted by Gasteiger charge is 2.38. The first-order valence-electron chi connectivity index (χ1n) is 18.2. The average molecular weight is 709 g/mol. The Bertz CT molecular complexity index is 1500. The van der Waals surface area contributed by atoms with Crippen molar-refractivity contribution in [1.29, 1.82) is 0 Å². The number of carbonyl (C=O) groups is 2. The SMILES string of the molecule is CC(C)[C@H](N[C@@H](Cc1ccccc1)[C@H](O)[C@@H](O)[C@H](Cc1ccccc1)N[C@H](C(=O)N(C)Cc1ccccn1)C(C)C)C(=O)N(C)Cc1cccnc1. The van der Waals surface area contributed by atoms with Gasteiger partial charge in [0.25, 0.3) is 0 Å². The van der Waals surface area contributed by atoms with E-state index >= 15 is 0 Å². The van der Waals surface area contributed by atoms with Crippen molar-refractivity contribution < 1.29 is 19.8 Å². The van der Waals surface area contributed by atoms with E-state index in [-0.39, 0.29) is 23.7 Å². The van der Waals surface area contributed by atoms with Crippen molar-refractivity contribution in [3.05, 3.63) is 132 Å². The molecule has 0 saturated heterocycles. The average Bonchev–Trinajstić information content (AvgIpc) is 3.15. The van der Waals surface area contributed by atoms with E-state index in [1.165, 1.54) is 0 Å². The van der Waals surface area contributed by atoms with Crippen LogP contribution in [0.2, 0.25) is 0 Å². The topological polar surface area (TPSA) is 131 Å². The maximum Gasteiger partial charge on any atom is 0.240 e. The van der Waals surface area contributed by atoms with Crippen LogP contribution in [-0.2, 0) is 35.5 Å². The van der Waals surface area contributed by atoms with Crippen LogP contribution in [0.15, 0.2) is 110 Å². The van der Waals surface area contributed by atoms with E-state index < -0.39 is 36.4 Å². The van der Waals surface area contributed by atoms with Crippen LogP contribution in [0.3, 0.4) is 0 Å². The van der Waals surface area contributed by atoms with Gasteiger partial charge in [-0.25, -0.2) is 0 Å². The molecule has 10 heteroatoms. The number of hydrogen-bond donors (Lipinski definition) is 4. The molecule has 2 heterocycles. The van der Waals surface area contributed by atoms with Crippen LogP contribution in [0.5, 0.6) is 0 Å². The molecule has 0 fully saturated rings. The van der Waals surface area contributed by atoms with Crippen molar-refractivity contribution in [3.8, 4) is 0 Å². The minimum absolute atomic E-state index is 0.123. The van der Waals surface area contributed by atoms with E-state index in [1.807, 2.05) is 119 Å². The summed E-state index contributed by atoms with van der Waals surface area (Å²) in [6.45, 7) is 8.59. The molecule has 10 nitrogen and oxygen atoms in total. The zero-order chi connectivity index (χ0) is 37.6. The van der Waals surface area contributed by atoms with Crippen LogP contribution in [0.1, 0.15) is 50.1 Å². The summed E-state index contributed by atoms with van der Waals surface area (Å²) in [5.74, 6) is -0.513. The Balaban J connectivity index is 1.62. The molecular formula is C42H56N6O4. The standard InChI is InChI=1S/C42H56N6O4/c1-29(2)37(41(51)47(5)27-33-20-15-22-43-26-33)45-35(24-31-16-9-7-10-17-31)39(49)40(50)36(25-32-18-11-8-12-19-32)46-38(30(3)4)42(52)48(6)28-34-21-13-14-23-44-34/h7-23,26,29-30,35-40,45-46,49-50H,24-25,27-28H2,1-6H3/t35-,36-,37-,38-,39-,40-/m0/s1. The van der Waals surface area contributed by atoms with Crippen LogP contribution >= 0.6 is 0 Å². The number of likely N-dealkylation sites (N-methyl/N-ethyl adjacent to an activating group) is 2. The lowest BCUT2D eigenvalue weighted by Crippen LogP contribution is -2.62. The highest BCUT2D eigenvalue weighted by atomic mass is 16.3. The fourth-order valence-corrected chi connectivity index (χ4v) is 6.46. The summed E-state index contributed by atoms with van der Waals surface area (Å²) in [5, 5.41) is 31.3. The van der Waals surface area contributed by atoms with Gasteiger partial charge in [-0.15, -0.1) is 0 Å². The van der Waals surface area contributed by atoms with Gasteiger partial charge >= 0.3 is 0 Å². The monoisotopic (exact) mass is 708 g/mol. The molecule has 0 spiro atoms. The van der Waals surface area contributed by atoms with Crippen molar-refractivity contribution >= 4 is 11.8 Å². The van der Waals surface area contributed by atoms with Crippen LogP contribution in [0, 0.1) is 11.8 Å². The van der Waals surface area contributed by atoms with E-state index in [4.69, 9.17) is 0 Å². The predicted octanol–water partition coefficient (Wildman–Crippen LogP) is 4.27. The van der Waals surface area contributed by atoms with E-state index in [9.17, 15) is 19.8 Å². The van der Waals surface area contributed by atoms with Crippen LogP contribution < -0.4 is 10.6 Å². The maximum absolute atomic E-state index is 14.0. The van der Waals surface area contributed by atoms with E-state index in [2.05, 4.69) is 20.6 Å². The fraction of sp³-hybridized carbons (Fsp3) is 0.429. The third kappa shape index (κ3) is 11.8. The van der Waals surface area contributed by atoms with Crippen LogP contribution in [-0.4, -0.2) is 92.3 Å². The lowest BCUT2D eigenvalue weighted by molar-refractivity contribution is -0.136. The molecule has 0 unspecified atom stereocenters. The lowest BCUT2D eigenvalue weighted by Gasteiger charge is -2.38. The Morgan fingerprint density at radius 3 is 1.50 bits per heavy atom.